The topological polar surface area (TPSA) is 47.3 Å². The van der Waals surface area contributed by atoms with E-state index in [9.17, 15) is 4.39 Å². The predicted octanol–water partition coefficient (Wildman–Crippen LogP) is 4.18. The summed E-state index contributed by atoms with van der Waals surface area (Å²) in [5.41, 5.74) is 7.84. The normalized spacial score (nSPS) is 10.3. The van der Waals surface area contributed by atoms with E-state index >= 15 is 0 Å². The van der Waals surface area contributed by atoms with E-state index in [1.807, 2.05) is 25.1 Å². The van der Waals surface area contributed by atoms with Crippen molar-refractivity contribution in [3.05, 3.63) is 52.3 Å². The first-order valence-electron chi connectivity index (χ1n) is 6.31. The van der Waals surface area contributed by atoms with Gasteiger partial charge >= 0.3 is 0 Å². The van der Waals surface area contributed by atoms with Gasteiger partial charge in [0, 0.05) is 16.6 Å². The molecule has 0 spiro atoms. The second-order valence-corrected chi connectivity index (χ2v) is 5.16. The molecular weight excluding hydrogens is 323 g/mol. The van der Waals surface area contributed by atoms with Crippen LogP contribution >= 0.6 is 15.9 Å². The molecule has 0 unspecified atom stereocenters. The molecule has 0 saturated carbocycles. The van der Waals surface area contributed by atoms with Crippen LogP contribution in [0.1, 0.15) is 12.5 Å². The number of ether oxygens (including phenoxy) is 1. The Morgan fingerprint density at radius 1 is 1.30 bits per heavy atom. The summed E-state index contributed by atoms with van der Waals surface area (Å²) in [4.78, 5) is 0. The molecule has 0 fully saturated rings. The summed E-state index contributed by atoms with van der Waals surface area (Å²) in [7, 11) is 0. The highest BCUT2D eigenvalue weighted by Gasteiger charge is 2.07. The van der Waals surface area contributed by atoms with E-state index in [1.54, 1.807) is 12.1 Å². The van der Waals surface area contributed by atoms with Crippen molar-refractivity contribution in [3.8, 4) is 5.75 Å². The summed E-state index contributed by atoms with van der Waals surface area (Å²) in [6.45, 7) is 2.80. The second kappa shape index (κ2) is 6.61. The molecule has 0 aliphatic carbocycles. The van der Waals surface area contributed by atoms with Gasteiger partial charge in [0.05, 0.1) is 18.0 Å². The molecule has 0 aliphatic heterocycles. The van der Waals surface area contributed by atoms with Crippen molar-refractivity contribution in [2.45, 2.75) is 13.5 Å². The molecule has 5 heteroatoms. The van der Waals surface area contributed by atoms with Crippen molar-refractivity contribution in [2.24, 2.45) is 0 Å². The van der Waals surface area contributed by atoms with Gasteiger partial charge in [-0.3, -0.25) is 0 Å². The fraction of sp³-hybridized carbons (Fsp3) is 0.200. The largest absolute Gasteiger partial charge is 0.492 e. The van der Waals surface area contributed by atoms with Crippen molar-refractivity contribution < 1.29 is 9.13 Å². The van der Waals surface area contributed by atoms with Gasteiger partial charge in [-0.2, -0.15) is 0 Å². The van der Waals surface area contributed by atoms with Crippen molar-refractivity contribution in [1.29, 1.82) is 0 Å². The molecule has 2 aromatic rings. The van der Waals surface area contributed by atoms with Crippen LogP contribution in [0.25, 0.3) is 0 Å². The molecular formula is C15H16BrFN2O. The highest BCUT2D eigenvalue weighted by molar-refractivity contribution is 9.10. The Labute approximate surface area is 126 Å². The minimum absolute atomic E-state index is 0.250. The van der Waals surface area contributed by atoms with Crippen LogP contribution in [0.5, 0.6) is 5.75 Å². The third-order valence-electron chi connectivity index (χ3n) is 2.84. The SMILES string of the molecule is CCOc1cccc(NCc2cc(Br)ccc2F)c1N. The molecule has 3 N–H and O–H groups in total. The number of benzene rings is 2. The standard InChI is InChI=1S/C15H16BrFN2O/c1-2-20-14-5-3-4-13(15(14)18)19-9-10-8-11(16)6-7-12(10)17/h3-8,19H,2,9,18H2,1H3. The molecule has 0 aromatic heterocycles. The van der Waals surface area contributed by atoms with Crippen LogP contribution in [-0.4, -0.2) is 6.61 Å². The fourth-order valence-electron chi connectivity index (χ4n) is 1.85. The highest BCUT2D eigenvalue weighted by atomic mass is 79.9. The molecule has 0 atom stereocenters. The Morgan fingerprint density at radius 2 is 2.10 bits per heavy atom. The molecule has 2 aromatic carbocycles. The van der Waals surface area contributed by atoms with Crippen LogP contribution in [0.3, 0.4) is 0 Å². The number of nitrogens with one attached hydrogen (secondary N) is 1. The molecule has 106 valence electrons. The molecule has 3 nitrogen and oxygen atoms in total. The highest BCUT2D eigenvalue weighted by Crippen LogP contribution is 2.30. The lowest BCUT2D eigenvalue weighted by atomic mass is 10.2. The molecule has 0 radical (unpaired) electrons. The van der Waals surface area contributed by atoms with E-state index in [-0.39, 0.29) is 5.82 Å². The van der Waals surface area contributed by atoms with Crippen LogP contribution < -0.4 is 15.8 Å². The van der Waals surface area contributed by atoms with Crippen LogP contribution in [0.4, 0.5) is 15.8 Å². The van der Waals surface area contributed by atoms with E-state index in [4.69, 9.17) is 10.5 Å². The average Bonchev–Trinajstić information content (AvgIpc) is 2.43. The number of nitrogen functional groups attached to an aromatic ring is 1. The summed E-state index contributed by atoms with van der Waals surface area (Å²) >= 11 is 3.33. The number of rotatable bonds is 5. The zero-order chi connectivity index (χ0) is 14.5. The number of halogens is 2. The van der Waals surface area contributed by atoms with Gasteiger partial charge in [-0.05, 0) is 37.3 Å². The minimum Gasteiger partial charge on any atom is -0.492 e. The zero-order valence-electron chi connectivity index (χ0n) is 11.1. The first-order valence-corrected chi connectivity index (χ1v) is 7.10. The summed E-state index contributed by atoms with van der Waals surface area (Å²) in [6, 6.07) is 10.3. The van der Waals surface area contributed by atoms with Gasteiger partial charge < -0.3 is 15.8 Å². The first kappa shape index (κ1) is 14.7. The number of hydrogen-bond donors (Lipinski definition) is 2. The lowest BCUT2D eigenvalue weighted by Gasteiger charge is -2.13. The Balaban J connectivity index is 2.14. The van der Waals surface area contributed by atoms with Gasteiger partial charge in [-0.25, -0.2) is 4.39 Å². The van der Waals surface area contributed by atoms with Gasteiger partial charge in [0.2, 0.25) is 0 Å². The molecule has 0 saturated heterocycles. The summed E-state index contributed by atoms with van der Waals surface area (Å²) in [5.74, 6) is 0.382. The van der Waals surface area contributed by atoms with E-state index in [0.29, 0.717) is 30.2 Å². The Hall–Kier alpha value is -1.75. The smallest absolute Gasteiger partial charge is 0.144 e. The maximum atomic E-state index is 13.7. The third-order valence-corrected chi connectivity index (χ3v) is 3.34. The van der Waals surface area contributed by atoms with Crippen molar-refractivity contribution in [2.75, 3.05) is 17.7 Å². The lowest BCUT2D eigenvalue weighted by molar-refractivity contribution is 0.342. The maximum Gasteiger partial charge on any atom is 0.144 e. The minimum atomic E-state index is -0.250. The predicted molar refractivity (Wildman–Crippen MR) is 83.5 cm³/mol. The van der Waals surface area contributed by atoms with Gasteiger partial charge in [0.1, 0.15) is 11.6 Å². The number of anilines is 2. The van der Waals surface area contributed by atoms with E-state index in [2.05, 4.69) is 21.2 Å². The number of nitrogens with two attached hydrogens (primary N) is 1. The monoisotopic (exact) mass is 338 g/mol. The summed E-state index contributed by atoms with van der Waals surface area (Å²) < 4.78 is 19.9. The first-order chi connectivity index (χ1) is 9.61. The van der Waals surface area contributed by atoms with Gasteiger partial charge in [0.25, 0.3) is 0 Å². The fourth-order valence-corrected chi connectivity index (χ4v) is 2.26. The van der Waals surface area contributed by atoms with Crippen LogP contribution in [0.2, 0.25) is 0 Å². The molecule has 0 aliphatic rings. The molecule has 0 heterocycles. The summed E-state index contributed by atoms with van der Waals surface area (Å²) in [5, 5.41) is 3.13. The number of para-hydroxylation sites is 1. The Morgan fingerprint density at radius 3 is 2.85 bits per heavy atom. The molecule has 0 amide bonds. The number of hydrogen-bond acceptors (Lipinski definition) is 3. The molecule has 20 heavy (non-hydrogen) atoms. The van der Waals surface area contributed by atoms with Gasteiger partial charge in [-0.1, -0.05) is 22.0 Å². The van der Waals surface area contributed by atoms with E-state index in [0.717, 1.165) is 10.2 Å². The lowest BCUT2D eigenvalue weighted by Crippen LogP contribution is -2.06. The van der Waals surface area contributed by atoms with Crippen molar-refractivity contribution in [3.63, 3.8) is 0 Å². The quantitative estimate of drug-likeness (QED) is 0.804. The van der Waals surface area contributed by atoms with Gasteiger partial charge in [-0.15, -0.1) is 0 Å². The Bertz CT molecular complexity index is 604. The van der Waals surface area contributed by atoms with Crippen LogP contribution in [-0.2, 0) is 6.54 Å². The van der Waals surface area contributed by atoms with Crippen LogP contribution in [0, 0.1) is 5.82 Å². The molecule has 0 bridgehead atoms. The second-order valence-electron chi connectivity index (χ2n) is 4.24. The van der Waals surface area contributed by atoms with Crippen molar-refractivity contribution >= 4 is 27.3 Å². The average molecular weight is 339 g/mol. The summed E-state index contributed by atoms with van der Waals surface area (Å²) in [6.07, 6.45) is 0. The van der Waals surface area contributed by atoms with Crippen LogP contribution in [0.15, 0.2) is 40.9 Å². The zero-order valence-corrected chi connectivity index (χ0v) is 12.7. The van der Waals surface area contributed by atoms with E-state index < -0.39 is 0 Å². The van der Waals surface area contributed by atoms with E-state index in [1.165, 1.54) is 6.07 Å². The maximum absolute atomic E-state index is 13.7. The Kier molecular flexibility index (Phi) is 4.84. The van der Waals surface area contributed by atoms with Gasteiger partial charge in [0.15, 0.2) is 0 Å². The third kappa shape index (κ3) is 3.42. The van der Waals surface area contributed by atoms with Crippen molar-refractivity contribution in [1.82, 2.24) is 0 Å². The molecule has 2 rings (SSSR count).